The van der Waals surface area contributed by atoms with Crippen LogP contribution in [0.15, 0.2) is 42.5 Å². The Hall–Kier alpha value is -2.40. The van der Waals surface area contributed by atoms with Gasteiger partial charge >= 0.3 is 0 Å². The molecule has 0 heterocycles. The lowest BCUT2D eigenvalue weighted by atomic mass is 10.2. The molecule has 2 aromatic rings. The van der Waals surface area contributed by atoms with Crippen molar-refractivity contribution in [3.05, 3.63) is 64.4 Å². The van der Waals surface area contributed by atoms with Crippen molar-refractivity contribution in [1.29, 1.82) is 0 Å². The Labute approximate surface area is 138 Å². The van der Waals surface area contributed by atoms with E-state index in [4.69, 9.17) is 16.3 Å². The maximum Gasteiger partial charge on any atom is 0.260 e. The summed E-state index contributed by atoms with van der Waals surface area (Å²) in [4.78, 5) is 23.9. The summed E-state index contributed by atoms with van der Waals surface area (Å²) in [5.41, 5.74) is 0.787. The van der Waals surface area contributed by atoms with Gasteiger partial charge in [-0.2, -0.15) is 0 Å². The van der Waals surface area contributed by atoms with E-state index in [1.54, 1.807) is 37.4 Å². The van der Waals surface area contributed by atoms with Crippen LogP contribution in [0.3, 0.4) is 0 Å². The van der Waals surface area contributed by atoms with Crippen LogP contribution >= 0.6 is 11.6 Å². The standard InChI is InChI=1S/C17H15ClFNO3/c1-20(9-14-15(18)3-2-4-16(14)19)17(22)11-23-13-7-5-12(10-21)6-8-13/h2-8,10H,9,11H2,1H3. The number of hydrogen-bond donors (Lipinski definition) is 0. The molecule has 1 amide bonds. The number of benzene rings is 2. The van der Waals surface area contributed by atoms with Gasteiger partial charge in [0, 0.05) is 29.7 Å². The fraction of sp³-hybridized carbons (Fsp3) is 0.176. The normalized spacial score (nSPS) is 10.2. The Morgan fingerprint density at radius 1 is 1.26 bits per heavy atom. The fourth-order valence-electron chi connectivity index (χ4n) is 1.91. The van der Waals surface area contributed by atoms with Crippen LogP contribution in [0.2, 0.25) is 5.02 Å². The monoisotopic (exact) mass is 335 g/mol. The largest absolute Gasteiger partial charge is 0.484 e. The molecule has 120 valence electrons. The number of ether oxygens (including phenoxy) is 1. The van der Waals surface area contributed by atoms with Gasteiger partial charge < -0.3 is 9.64 Å². The molecule has 0 bridgehead atoms. The van der Waals surface area contributed by atoms with Gasteiger partial charge in [0.25, 0.3) is 5.91 Å². The molecular weight excluding hydrogens is 321 g/mol. The van der Waals surface area contributed by atoms with Gasteiger partial charge in [-0.05, 0) is 36.4 Å². The fourth-order valence-corrected chi connectivity index (χ4v) is 2.13. The highest BCUT2D eigenvalue weighted by Crippen LogP contribution is 2.20. The number of nitrogens with zero attached hydrogens (tertiary/aromatic N) is 1. The zero-order valence-electron chi connectivity index (χ0n) is 12.5. The first-order valence-electron chi connectivity index (χ1n) is 6.86. The average molecular weight is 336 g/mol. The number of halogens is 2. The summed E-state index contributed by atoms with van der Waals surface area (Å²) in [5, 5.41) is 0.273. The second kappa shape index (κ2) is 7.74. The van der Waals surface area contributed by atoms with Gasteiger partial charge in [-0.15, -0.1) is 0 Å². The zero-order valence-corrected chi connectivity index (χ0v) is 13.2. The van der Waals surface area contributed by atoms with E-state index in [2.05, 4.69) is 0 Å². The quantitative estimate of drug-likeness (QED) is 0.761. The van der Waals surface area contributed by atoms with E-state index >= 15 is 0 Å². The van der Waals surface area contributed by atoms with Crippen molar-refractivity contribution >= 4 is 23.8 Å². The predicted molar refractivity (Wildman–Crippen MR) is 85.2 cm³/mol. The molecule has 0 unspecified atom stereocenters. The number of carbonyl (C=O) groups excluding carboxylic acids is 2. The number of hydrogen-bond acceptors (Lipinski definition) is 3. The minimum atomic E-state index is -0.456. The maximum atomic E-state index is 13.7. The van der Waals surface area contributed by atoms with E-state index in [0.29, 0.717) is 11.3 Å². The molecule has 0 aliphatic carbocycles. The average Bonchev–Trinajstić information content (AvgIpc) is 2.56. The van der Waals surface area contributed by atoms with Gasteiger partial charge in [-0.3, -0.25) is 9.59 Å². The molecule has 0 radical (unpaired) electrons. The van der Waals surface area contributed by atoms with E-state index in [1.165, 1.54) is 17.0 Å². The third-order valence-corrected chi connectivity index (χ3v) is 3.62. The lowest BCUT2D eigenvalue weighted by Crippen LogP contribution is -2.31. The first-order chi connectivity index (χ1) is 11.0. The molecule has 0 saturated carbocycles. The summed E-state index contributed by atoms with van der Waals surface area (Å²) in [6.07, 6.45) is 0.723. The van der Waals surface area contributed by atoms with Gasteiger partial charge in [0.1, 0.15) is 17.9 Å². The SMILES string of the molecule is CN(Cc1c(F)cccc1Cl)C(=O)COc1ccc(C=O)cc1. The number of amides is 1. The summed E-state index contributed by atoms with van der Waals surface area (Å²) in [5.74, 6) is -0.299. The minimum absolute atomic E-state index is 0.0534. The molecule has 23 heavy (non-hydrogen) atoms. The van der Waals surface area contributed by atoms with E-state index in [9.17, 15) is 14.0 Å². The van der Waals surface area contributed by atoms with Crippen molar-refractivity contribution < 1.29 is 18.7 Å². The second-order valence-corrected chi connectivity index (χ2v) is 5.33. The Bertz CT molecular complexity index is 683. The highest BCUT2D eigenvalue weighted by molar-refractivity contribution is 6.31. The van der Waals surface area contributed by atoms with E-state index in [1.807, 2.05) is 0 Å². The molecule has 0 aromatic heterocycles. The Balaban J connectivity index is 1.93. The van der Waals surface area contributed by atoms with E-state index in [-0.39, 0.29) is 29.6 Å². The summed E-state index contributed by atoms with van der Waals surface area (Å²) in [6.45, 7) is -0.138. The molecule has 0 saturated heterocycles. The Kier molecular flexibility index (Phi) is 5.71. The molecule has 4 nitrogen and oxygen atoms in total. The van der Waals surface area contributed by atoms with E-state index in [0.717, 1.165) is 6.29 Å². The second-order valence-electron chi connectivity index (χ2n) is 4.93. The molecular formula is C17H15ClFNO3. The Morgan fingerprint density at radius 3 is 2.57 bits per heavy atom. The summed E-state index contributed by atoms with van der Waals surface area (Å²) in [6, 6.07) is 10.8. The van der Waals surface area contributed by atoms with Crippen LogP contribution in [0.5, 0.6) is 5.75 Å². The van der Waals surface area contributed by atoms with Crippen molar-refractivity contribution in [2.45, 2.75) is 6.54 Å². The van der Waals surface area contributed by atoms with Crippen LogP contribution in [-0.4, -0.2) is 30.7 Å². The number of carbonyl (C=O) groups is 2. The molecule has 0 aliphatic rings. The summed E-state index contributed by atoms with van der Waals surface area (Å²) in [7, 11) is 1.55. The van der Waals surface area contributed by atoms with Crippen LogP contribution in [0, 0.1) is 5.82 Å². The molecule has 6 heteroatoms. The molecule has 2 rings (SSSR count). The first-order valence-corrected chi connectivity index (χ1v) is 7.24. The third kappa shape index (κ3) is 4.53. The van der Waals surface area contributed by atoms with Gasteiger partial charge in [-0.1, -0.05) is 17.7 Å². The van der Waals surface area contributed by atoms with Crippen LogP contribution in [0.4, 0.5) is 4.39 Å². The number of aldehydes is 1. The molecule has 0 spiro atoms. The molecule has 0 N–H and O–H groups in total. The van der Waals surface area contributed by atoms with E-state index < -0.39 is 5.82 Å². The maximum absolute atomic E-state index is 13.7. The highest BCUT2D eigenvalue weighted by atomic mass is 35.5. The van der Waals surface area contributed by atoms with Crippen LogP contribution in [0.25, 0.3) is 0 Å². The lowest BCUT2D eigenvalue weighted by Gasteiger charge is -2.18. The summed E-state index contributed by atoms with van der Waals surface area (Å²) >= 11 is 5.94. The predicted octanol–water partition coefficient (Wildman–Crippen LogP) is 3.33. The van der Waals surface area contributed by atoms with Crippen molar-refractivity contribution in [3.8, 4) is 5.75 Å². The van der Waals surface area contributed by atoms with Crippen LogP contribution < -0.4 is 4.74 Å². The molecule has 0 aliphatic heterocycles. The zero-order chi connectivity index (χ0) is 16.8. The third-order valence-electron chi connectivity index (χ3n) is 3.26. The summed E-state index contributed by atoms with van der Waals surface area (Å²) < 4.78 is 19.1. The van der Waals surface area contributed by atoms with Gasteiger partial charge in [-0.25, -0.2) is 4.39 Å². The highest BCUT2D eigenvalue weighted by Gasteiger charge is 2.14. The van der Waals surface area contributed by atoms with Crippen LogP contribution in [0.1, 0.15) is 15.9 Å². The number of rotatable bonds is 6. The van der Waals surface area contributed by atoms with Crippen LogP contribution in [-0.2, 0) is 11.3 Å². The van der Waals surface area contributed by atoms with Crippen molar-refractivity contribution in [2.24, 2.45) is 0 Å². The Morgan fingerprint density at radius 2 is 1.96 bits per heavy atom. The van der Waals surface area contributed by atoms with Gasteiger partial charge in [0.15, 0.2) is 6.61 Å². The van der Waals surface area contributed by atoms with Crippen molar-refractivity contribution in [3.63, 3.8) is 0 Å². The van der Waals surface area contributed by atoms with Crippen molar-refractivity contribution in [2.75, 3.05) is 13.7 Å². The smallest absolute Gasteiger partial charge is 0.260 e. The minimum Gasteiger partial charge on any atom is -0.484 e. The lowest BCUT2D eigenvalue weighted by molar-refractivity contribution is -0.132. The molecule has 2 aromatic carbocycles. The molecule has 0 fully saturated rings. The van der Waals surface area contributed by atoms with Gasteiger partial charge in [0.05, 0.1) is 0 Å². The first kappa shape index (κ1) is 17.0. The number of likely N-dealkylation sites (N-methyl/N-ethyl adjacent to an activating group) is 1. The van der Waals surface area contributed by atoms with Crippen molar-refractivity contribution in [1.82, 2.24) is 4.90 Å². The van der Waals surface area contributed by atoms with Gasteiger partial charge in [0.2, 0.25) is 0 Å². The molecule has 0 atom stereocenters. The topological polar surface area (TPSA) is 46.6 Å².